The minimum Gasteiger partial charge on any atom is -0.305 e. The third-order valence-corrected chi connectivity index (χ3v) is 7.49. The van der Waals surface area contributed by atoms with Crippen molar-refractivity contribution in [1.29, 1.82) is 0 Å². The summed E-state index contributed by atoms with van der Waals surface area (Å²) in [5.74, 6) is 0.859. The van der Waals surface area contributed by atoms with Gasteiger partial charge >= 0.3 is 0 Å². The molecule has 120 valence electrons. The molecular formula is C15H26N2O2S2. The van der Waals surface area contributed by atoms with Crippen molar-refractivity contribution in [1.82, 2.24) is 9.21 Å². The fraction of sp³-hybridized carbons (Fsp3) is 0.733. The normalized spacial score (nSPS) is 24.4. The minimum absolute atomic E-state index is 0.291. The minimum atomic E-state index is -3.36. The summed E-state index contributed by atoms with van der Waals surface area (Å²) in [5.41, 5.74) is 0. The van der Waals surface area contributed by atoms with Crippen molar-refractivity contribution in [2.45, 2.75) is 38.6 Å². The highest BCUT2D eigenvalue weighted by Gasteiger charge is 2.42. The smallest absolute Gasteiger partial charge is 0.244 e. The molecule has 1 aromatic heterocycles. The van der Waals surface area contributed by atoms with Gasteiger partial charge in [-0.25, -0.2) is 8.42 Å². The molecule has 0 radical (unpaired) electrons. The van der Waals surface area contributed by atoms with Crippen LogP contribution >= 0.6 is 11.3 Å². The van der Waals surface area contributed by atoms with Crippen LogP contribution in [0.2, 0.25) is 0 Å². The molecule has 2 heterocycles. The molecule has 0 amide bonds. The van der Waals surface area contributed by atoms with Gasteiger partial charge in [-0.15, -0.1) is 11.3 Å². The molecule has 21 heavy (non-hydrogen) atoms. The molecule has 0 bridgehead atoms. The quantitative estimate of drug-likeness (QED) is 0.852. The summed E-state index contributed by atoms with van der Waals surface area (Å²) in [5, 5.41) is 0. The monoisotopic (exact) mass is 330 g/mol. The number of rotatable bonds is 4. The maximum atomic E-state index is 12.9. The number of sulfonamides is 1. The first-order valence-electron chi connectivity index (χ1n) is 7.38. The van der Waals surface area contributed by atoms with E-state index in [4.69, 9.17) is 0 Å². The van der Waals surface area contributed by atoms with Crippen molar-refractivity contribution < 1.29 is 8.42 Å². The molecule has 0 aliphatic carbocycles. The number of hydrogen-bond donors (Lipinski definition) is 0. The van der Waals surface area contributed by atoms with E-state index in [1.165, 1.54) is 0 Å². The van der Waals surface area contributed by atoms with E-state index in [9.17, 15) is 8.42 Å². The Labute approximate surface area is 132 Å². The fourth-order valence-electron chi connectivity index (χ4n) is 3.18. The molecule has 2 atom stereocenters. The van der Waals surface area contributed by atoms with Crippen molar-refractivity contribution in [3.63, 3.8) is 0 Å². The standard InChI is InChI=1S/C15H26N2O2S2/c1-10(2)13-8-17(9-14(13)16(5)6)21(18,19)15-7-11(3)20-12(15)4/h7,10,13-14H,8-9H2,1-6H3/t13-,14+/m0/s1. The summed E-state index contributed by atoms with van der Waals surface area (Å²) in [4.78, 5) is 4.59. The number of thiophene rings is 1. The van der Waals surface area contributed by atoms with Crippen molar-refractivity contribution >= 4 is 21.4 Å². The SMILES string of the molecule is Cc1cc(S(=O)(=O)N2C[C@@H](N(C)C)[C@H](C(C)C)C2)c(C)s1. The Bertz CT molecular complexity index is 589. The van der Waals surface area contributed by atoms with E-state index in [0.29, 0.717) is 35.9 Å². The molecule has 1 aromatic rings. The zero-order chi connectivity index (χ0) is 15.9. The molecule has 1 aliphatic heterocycles. The summed E-state index contributed by atoms with van der Waals surface area (Å²) < 4.78 is 27.5. The number of hydrogen-bond acceptors (Lipinski definition) is 4. The lowest BCUT2D eigenvalue weighted by molar-refractivity contribution is 0.216. The van der Waals surface area contributed by atoms with Crippen LogP contribution in [0.4, 0.5) is 0 Å². The van der Waals surface area contributed by atoms with Gasteiger partial charge in [0.05, 0.1) is 4.90 Å². The van der Waals surface area contributed by atoms with Crippen molar-refractivity contribution in [2.75, 3.05) is 27.2 Å². The molecule has 0 N–H and O–H groups in total. The van der Waals surface area contributed by atoms with Gasteiger partial charge in [0.25, 0.3) is 0 Å². The van der Waals surface area contributed by atoms with Crippen LogP contribution in [-0.4, -0.2) is 50.8 Å². The summed E-state index contributed by atoms with van der Waals surface area (Å²) in [7, 11) is 0.711. The summed E-state index contributed by atoms with van der Waals surface area (Å²) in [6.07, 6.45) is 0. The Balaban J connectivity index is 2.32. The van der Waals surface area contributed by atoms with Gasteiger partial charge in [-0.3, -0.25) is 0 Å². The van der Waals surface area contributed by atoms with Crippen LogP contribution in [0.5, 0.6) is 0 Å². The Hall–Kier alpha value is -0.430. The zero-order valence-corrected chi connectivity index (χ0v) is 15.4. The number of likely N-dealkylation sites (N-methyl/N-ethyl adjacent to an activating group) is 1. The van der Waals surface area contributed by atoms with Crippen LogP contribution in [0, 0.1) is 25.7 Å². The predicted molar refractivity (Wildman–Crippen MR) is 88.4 cm³/mol. The van der Waals surface area contributed by atoms with Gasteiger partial charge in [-0.2, -0.15) is 4.31 Å². The highest BCUT2D eigenvalue weighted by Crippen LogP contribution is 2.34. The van der Waals surface area contributed by atoms with Gasteiger partial charge in [0.15, 0.2) is 0 Å². The summed E-state index contributed by atoms with van der Waals surface area (Å²) in [6.45, 7) is 9.42. The molecule has 4 nitrogen and oxygen atoms in total. The first kappa shape index (κ1) is 16.9. The van der Waals surface area contributed by atoms with E-state index in [-0.39, 0.29) is 0 Å². The van der Waals surface area contributed by atoms with Crippen LogP contribution in [-0.2, 0) is 10.0 Å². The summed E-state index contributed by atoms with van der Waals surface area (Å²) in [6, 6.07) is 2.10. The lowest BCUT2D eigenvalue weighted by Crippen LogP contribution is -2.37. The largest absolute Gasteiger partial charge is 0.305 e. The molecule has 1 aliphatic rings. The van der Waals surface area contributed by atoms with Crippen LogP contribution in [0.1, 0.15) is 23.6 Å². The first-order chi connectivity index (χ1) is 9.64. The van der Waals surface area contributed by atoms with E-state index >= 15 is 0 Å². The second-order valence-electron chi connectivity index (χ2n) is 6.54. The lowest BCUT2D eigenvalue weighted by Gasteiger charge is -2.27. The van der Waals surface area contributed by atoms with Crippen LogP contribution in [0.25, 0.3) is 0 Å². The topological polar surface area (TPSA) is 40.6 Å². The van der Waals surface area contributed by atoms with Gasteiger partial charge in [0.2, 0.25) is 10.0 Å². The highest BCUT2D eigenvalue weighted by molar-refractivity contribution is 7.89. The average molecular weight is 331 g/mol. The molecular weight excluding hydrogens is 304 g/mol. The van der Waals surface area contributed by atoms with E-state index in [1.54, 1.807) is 15.6 Å². The Morgan fingerprint density at radius 3 is 2.29 bits per heavy atom. The zero-order valence-electron chi connectivity index (χ0n) is 13.8. The average Bonchev–Trinajstić information content (AvgIpc) is 2.93. The predicted octanol–water partition coefficient (Wildman–Crippen LogP) is 2.57. The summed E-state index contributed by atoms with van der Waals surface area (Å²) >= 11 is 1.55. The molecule has 0 unspecified atom stereocenters. The third-order valence-electron chi connectivity index (χ3n) is 4.43. The van der Waals surface area contributed by atoms with E-state index in [0.717, 1.165) is 9.75 Å². The Morgan fingerprint density at radius 1 is 1.29 bits per heavy atom. The maximum Gasteiger partial charge on any atom is 0.244 e. The van der Waals surface area contributed by atoms with E-state index < -0.39 is 10.0 Å². The van der Waals surface area contributed by atoms with Crippen LogP contribution < -0.4 is 0 Å². The van der Waals surface area contributed by atoms with Crippen molar-refractivity contribution in [2.24, 2.45) is 11.8 Å². The molecule has 1 fully saturated rings. The number of aryl methyl sites for hydroxylation is 2. The van der Waals surface area contributed by atoms with Crippen molar-refractivity contribution in [3.05, 3.63) is 15.8 Å². The van der Waals surface area contributed by atoms with Gasteiger partial charge < -0.3 is 4.90 Å². The van der Waals surface area contributed by atoms with Crippen LogP contribution in [0.15, 0.2) is 11.0 Å². The molecule has 2 rings (SSSR count). The van der Waals surface area contributed by atoms with Crippen molar-refractivity contribution in [3.8, 4) is 0 Å². The number of nitrogens with zero attached hydrogens (tertiary/aromatic N) is 2. The van der Waals surface area contributed by atoms with Gasteiger partial charge in [0.1, 0.15) is 0 Å². The Morgan fingerprint density at radius 2 is 1.90 bits per heavy atom. The first-order valence-corrected chi connectivity index (χ1v) is 9.64. The third kappa shape index (κ3) is 3.18. The molecule has 0 spiro atoms. The lowest BCUT2D eigenvalue weighted by atomic mass is 9.91. The molecule has 6 heteroatoms. The molecule has 0 saturated carbocycles. The van der Waals surface area contributed by atoms with Gasteiger partial charge in [-0.1, -0.05) is 13.8 Å². The second kappa shape index (κ2) is 5.99. The van der Waals surface area contributed by atoms with E-state index in [1.807, 2.05) is 34.0 Å². The van der Waals surface area contributed by atoms with Gasteiger partial charge in [-0.05, 0) is 45.8 Å². The molecule has 0 aromatic carbocycles. The highest BCUT2D eigenvalue weighted by atomic mass is 32.2. The fourth-order valence-corrected chi connectivity index (χ4v) is 6.19. The van der Waals surface area contributed by atoms with E-state index in [2.05, 4.69) is 18.7 Å². The Kier molecular flexibility index (Phi) is 4.83. The van der Waals surface area contributed by atoms with Gasteiger partial charge in [0, 0.05) is 28.9 Å². The van der Waals surface area contributed by atoms with Crippen LogP contribution in [0.3, 0.4) is 0 Å². The maximum absolute atomic E-state index is 12.9. The molecule has 1 saturated heterocycles. The second-order valence-corrected chi connectivity index (χ2v) is 9.91.